The van der Waals surface area contributed by atoms with E-state index < -0.39 is 0 Å². The van der Waals surface area contributed by atoms with Crippen molar-refractivity contribution in [3.8, 4) is 17.2 Å². The predicted molar refractivity (Wildman–Crippen MR) is 116 cm³/mol. The van der Waals surface area contributed by atoms with Crippen LogP contribution < -0.4 is 14.2 Å². The van der Waals surface area contributed by atoms with E-state index in [0.29, 0.717) is 33.5 Å². The first-order valence-corrected chi connectivity index (χ1v) is 9.19. The molecule has 3 aromatic rings. The van der Waals surface area contributed by atoms with E-state index in [1.807, 2.05) is 30.3 Å². The summed E-state index contributed by atoms with van der Waals surface area (Å²) in [5.41, 5.74) is 2.18. The maximum atomic E-state index is 12.3. The Hall–Kier alpha value is -3.31. The molecule has 148 valence electrons. The molecule has 0 atom stereocenters. The summed E-state index contributed by atoms with van der Waals surface area (Å²) in [7, 11) is 4.65. The average molecular weight is 410 g/mol. The summed E-state index contributed by atoms with van der Waals surface area (Å²) in [5.74, 6) is 1.46. The summed E-state index contributed by atoms with van der Waals surface area (Å²) < 4.78 is 15.9. The Morgan fingerprint density at radius 1 is 0.862 bits per heavy atom. The number of hydrogen-bond acceptors (Lipinski definition) is 5. The number of pyridine rings is 1. The largest absolute Gasteiger partial charge is 0.496 e. The van der Waals surface area contributed by atoms with Gasteiger partial charge in [-0.1, -0.05) is 29.8 Å². The van der Waals surface area contributed by atoms with Gasteiger partial charge in [0.15, 0.2) is 17.3 Å². The fourth-order valence-corrected chi connectivity index (χ4v) is 3.02. The maximum absolute atomic E-state index is 12.3. The molecule has 5 nitrogen and oxygen atoms in total. The first-order valence-electron chi connectivity index (χ1n) is 8.81. The number of para-hydroxylation sites is 1. The van der Waals surface area contributed by atoms with Crippen molar-refractivity contribution in [2.24, 2.45) is 0 Å². The number of carbonyl (C=O) groups is 1. The van der Waals surface area contributed by atoms with Gasteiger partial charge >= 0.3 is 0 Å². The van der Waals surface area contributed by atoms with Gasteiger partial charge in [-0.2, -0.15) is 0 Å². The molecule has 29 heavy (non-hydrogen) atoms. The summed E-state index contributed by atoms with van der Waals surface area (Å²) in [6, 6.07) is 13.0. The normalized spacial score (nSPS) is 11.3. The number of nitrogens with zero attached hydrogens (tertiary/aromatic N) is 1. The minimum atomic E-state index is -0.203. The van der Waals surface area contributed by atoms with Crippen molar-refractivity contribution in [2.45, 2.75) is 0 Å². The number of halogens is 1. The molecule has 0 aliphatic rings. The zero-order valence-electron chi connectivity index (χ0n) is 16.3. The van der Waals surface area contributed by atoms with Crippen molar-refractivity contribution >= 4 is 40.4 Å². The van der Waals surface area contributed by atoms with Gasteiger partial charge in [0.2, 0.25) is 0 Å². The molecule has 0 fully saturated rings. The quantitative estimate of drug-likeness (QED) is 0.396. The van der Waals surface area contributed by atoms with Gasteiger partial charge < -0.3 is 14.2 Å². The molecule has 3 rings (SSSR count). The van der Waals surface area contributed by atoms with Gasteiger partial charge in [0, 0.05) is 22.6 Å². The fraction of sp³-hybridized carbons (Fsp3) is 0.130. The lowest BCUT2D eigenvalue weighted by atomic mass is 10.1. The third-order valence-corrected chi connectivity index (χ3v) is 4.60. The number of fused-ring (bicyclic) bond motifs is 1. The molecule has 0 aliphatic heterocycles. The third-order valence-electron chi connectivity index (χ3n) is 4.29. The van der Waals surface area contributed by atoms with Gasteiger partial charge in [-0.05, 0) is 42.5 Å². The Bertz CT molecular complexity index is 1110. The summed E-state index contributed by atoms with van der Waals surface area (Å²) in [6.45, 7) is 0. The number of aromatic nitrogens is 1. The van der Waals surface area contributed by atoms with Gasteiger partial charge in [0.1, 0.15) is 10.9 Å². The molecule has 0 unspecified atom stereocenters. The van der Waals surface area contributed by atoms with Gasteiger partial charge in [-0.25, -0.2) is 4.98 Å². The van der Waals surface area contributed by atoms with Crippen LogP contribution in [0.3, 0.4) is 0 Å². The molecule has 0 N–H and O–H groups in total. The fourth-order valence-electron chi connectivity index (χ4n) is 2.81. The lowest BCUT2D eigenvalue weighted by molar-refractivity contribution is -0.110. The van der Waals surface area contributed by atoms with Crippen LogP contribution in [0.25, 0.3) is 23.1 Å². The minimum absolute atomic E-state index is 0.203. The Kier molecular flexibility index (Phi) is 6.52. The Morgan fingerprint density at radius 2 is 1.48 bits per heavy atom. The molecule has 1 aromatic heterocycles. The third kappa shape index (κ3) is 4.76. The van der Waals surface area contributed by atoms with E-state index >= 15 is 0 Å². The number of benzene rings is 2. The maximum Gasteiger partial charge on any atom is 0.178 e. The van der Waals surface area contributed by atoms with Crippen molar-refractivity contribution in [1.29, 1.82) is 0 Å². The van der Waals surface area contributed by atoms with Crippen molar-refractivity contribution < 1.29 is 19.0 Å². The zero-order chi connectivity index (χ0) is 20.8. The summed E-state index contributed by atoms with van der Waals surface area (Å²) in [4.78, 5) is 16.7. The number of methoxy groups -OCH3 is 3. The van der Waals surface area contributed by atoms with Gasteiger partial charge in [-0.15, -0.1) is 0 Å². The highest BCUT2D eigenvalue weighted by molar-refractivity contribution is 6.31. The van der Waals surface area contributed by atoms with Gasteiger partial charge in [0.25, 0.3) is 0 Å². The van der Waals surface area contributed by atoms with E-state index in [-0.39, 0.29) is 5.78 Å². The van der Waals surface area contributed by atoms with E-state index in [0.717, 1.165) is 10.9 Å². The Balaban J connectivity index is 1.82. The summed E-state index contributed by atoms with van der Waals surface area (Å²) in [5, 5.41) is 1.30. The van der Waals surface area contributed by atoms with Crippen LogP contribution in [0.1, 0.15) is 11.1 Å². The van der Waals surface area contributed by atoms with Gasteiger partial charge in [0.05, 0.1) is 26.8 Å². The number of allylic oxidation sites excluding steroid dienone is 2. The highest BCUT2D eigenvalue weighted by Gasteiger charge is 2.10. The first kappa shape index (κ1) is 20.4. The van der Waals surface area contributed by atoms with Crippen LogP contribution in [0.15, 0.2) is 54.6 Å². The number of ketones is 1. The monoisotopic (exact) mass is 409 g/mol. The highest BCUT2D eigenvalue weighted by atomic mass is 35.5. The van der Waals surface area contributed by atoms with Crippen molar-refractivity contribution in [3.63, 3.8) is 0 Å². The van der Waals surface area contributed by atoms with Crippen LogP contribution in [0.2, 0.25) is 5.15 Å². The SMILES string of the molecule is COc1cc(OC)c(OC)cc1/C=C/C(=O)/C=C/c1cc2ccccc2nc1Cl. The van der Waals surface area contributed by atoms with Crippen LogP contribution in [0.5, 0.6) is 17.2 Å². The molecular weight excluding hydrogens is 390 g/mol. The number of rotatable bonds is 7. The van der Waals surface area contributed by atoms with E-state index in [1.165, 1.54) is 12.2 Å². The van der Waals surface area contributed by atoms with Crippen molar-refractivity contribution in [1.82, 2.24) is 4.98 Å². The molecule has 2 aromatic carbocycles. The molecular formula is C23H20ClNO4. The number of carbonyl (C=O) groups excluding carboxylic acids is 1. The predicted octanol–water partition coefficient (Wildman–Crippen LogP) is 5.21. The lowest BCUT2D eigenvalue weighted by Crippen LogP contribution is -1.95. The topological polar surface area (TPSA) is 57.7 Å². The summed E-state index contributed by atoms with van der Waals surface area (Å²) in [6.07, 6.45) is 6.21. The lowest BCUT2D eigenvalue weighted by Gasteiger charge is -2.11. The smallest absolute Gasteiger partial charge is 0.178 e. The highest BCUT2D eigenvalue weighted by Crippen LogP contribution is 2.35. The molecule has 0 saturated heterocycles. The molecule has 6 heteroatoms. The summed E-state index contributed by atoms with van der Waals surface area (Å²) >= 11 is 6.23. The van der Waals surface area contributed by atoms with Crippen LogP contribution in [0.4, 0.5) is 0 Å². The van der Waals surface area contributed by atoms with Crippen molar-refractivity contribution in [3.05, 3.63) is 70.9 Å². The molecule has 0 radical (unpaired) electrons. The zero-order valence-corrected chi connectivity index (χ0v) is 17.1. The van der Waals surface area contributed by atoms with E-state index in [2.05, 4.69) is 4.98 Å². The first-order chi connectivity index (χ1) is 14.0. The number of hydrogen-bond donors (Lipinski definition) is 0. The van der Waals surface area contributed by atoms with Crippen LogP contribution in [0, 0.1) is 0 Å². The number of ether oxygens (including phenoxy) is 3. The van der Waals surface area contributed by atoms with E-state index in [4.69, 9.17) is 25.8 Å². The Morgan fingerprint density at radius 3 is 2.17 bits per heavy atom. The molecule has 0 amide bonds. The average Bonchev–Trinajstić information content (AvgIpc) is 2.75. The van der Waals surface area contributed by atoms with Crippen LogP contribution >= 0.6 is 11.6 Å². The van der Waals surface area contributed by atoms with Gasteiger partial charge in [-0.3, -0.25) is 4.79 Å². The van der Waals surface area contributed by atoms with Crippen molar-refractivity contribution in [2.75, 3.05) is 21.3 Å². The Labute approximate surface area is 174 Å². The molecule has 0 saturated carbocycles. The molecule has 0 aliphatic carbocycles. The molecule has 0 spiro atoms. The molecule has 1 heterocycles. The second kappa shape index (κ2) is 9.26. The second-order valence-electron chi connectivity index (χ2n) is 6.08. The van der Waals surface area contributed by atoms with Crippen LogP contribution in [-0.4, -0.2) is 32.1 Å². The van der Waals surface area contributed by atoms with E-state index in [1.54, 1.807) is 45.6 Å². The second-order valence-corrected chi connectivity index (χ2v) is 6.44. The van der Waals surface area contributed by atoms with Crippen LogP contribution in [-0.2, 0) is 4.79 Å². The standard InChI is InChI=1S/C23H20ClNO4/c1-27-20-14-22(29-3)21(28-2)13-16(20)8-10-18(26)11-9-17-12-15-6-4-5-7-19(15)25-23(17)24/h4-14H,1-3H3/b10-8+,11-9+. The minimum Gasteiger partial charge on any atom is -0.496 e. The molecule has 0 bridgehead atoms. The van der Waals surface area contributed by atoms with E-state index in [9.17, 15) is 4.79 Å².